The Morgan fingerprint density at radius 1 is 1.10 bits per heavy atom. The number of aromatic nitrogens is 2. The summed E-state index contributed by atoms with van der Waals surface area (Å²) in [5.41, 5.74) is 1.80. The summed E-state index contributed by atoms with van der Waals surface area (Å²) in [6.07, 6.45) is 2.46. The van der Waals surface area contributed by atoms with E-state index >= 15 is 0 Å². The number of benzene rings is 2. The zero-order chi connectivity index (χ0) is 22.1. The smallest absolute Gasteiger partial charge is 0.256 e. The van der Waals surface area contributed by atoms with Gasteiger partial charge in [-0.2, -0.15) is 4.39 Å². The van der Waals surface area contributed by atoms with Gasteiger partial charge in [-0.3, -0.25) is 4.79 Å². The third-order valence-electron chi connectivity index (χ3n) is 3.99. The molecular weight excluding hydrogens is 401 g/mol. The highest BCUT2D eigenvalue weighted by molar-refractivity contribution is 5.99. The molecule has 0 spiro atoms. The Kier molecular flexibility index (Phi) is 7.50. The Bertz CT molecular complexity index is 1040. The lowest BCUT2D eigenvalue weighted by Crippen LogP contribution is -2.07. The summed E-state index contributed by atoms with van der Waals surface area (Å²) in [6, 6.07) is 14.0. The molecule has 0 bridgehead atoms. The molecule has 31 heavy (non-hydrogen) atoms. The Morgan fingerprint density at radius 2 is 1.87 bits per heavy atom. The maximum atomic E-state index is 14.2. The molecular formula is C22H22FN5O3. The van der Waals surface area contributed by atoms with Gasteiger partial charge in [-0.15, -0.1) is 0 Å². The SMILES string of the molecule is C=CC(=O)Nc1cccc(Nc2nc(Nc3ccc(OCCOC)cc3)cnc2F)c1. The van der Waals surface area contributed by atoms with Gasteiger partial charge in [0.05, 0.1) is 12.8 Å². The molecule has 0 aliphatic rings. The van der Waals surface area contributed by atoms with Gasteiger partial charge >= 0.3 is 0 Å². The molecule has 0 radical (unpaired) electrons. The van der Waals surface area contributed by atoms with Gasteiger partial charge in [-0.25, -0.2) is 9.97 Å². The largest absolute Gasteiger partial charge is 0.491 e. The first-order valence-electron chi connectivity index (χ1n) is 9.39. The zero-order valence-corrected chi connectivity index (χ0v) is 16.9. The van der Waals surface area contributed by atoms with Gasteiger partial charge in [-0.05, 0) is 48.5 Å². The maximum absolute atomic E-state index is 14.2. The quantitative estimate of drug-likeness (QED) is 0.331. The van der Waals surface area contributed by atoms with E-state index in [4.69, 9.17) is 9.47 Å². The molecule has 0 aliphatic heterocycles. The van der Waals surface area contributed by atoms with Gasteiger partial charge in [0.2, 0.25) is 5.91 Å². The van der Waals surface area contributed by atoms with Crippen molar-refractivity contribution in [3.8, 4) is 5.75 Å². The van der Waals surface area contributed by atoms with Crippen molar-refractivity contribution in [2.75, 3.05) is 36.3 Å². The molecule has 0 fully saturated rings. The monoisotopic (exact) mass is 423 g/mol. The number of hydrogen-bond acceptors (Lipinski definition) is 7. The number of anilines is 5. The number of nitrogens with one attached hydrogen (secondary N) is 3. The second kappa shape index (κ2) is 10.7. The predicted molar refractivity (Wildman–Crippen MR) is 118 cm³/mol. The summed E-state index contributed by atoms with van der Waals surface area (Å²) in [5.74, 6) is -0.0965. The summed E-state index contributed by atoms with van der Waals surface area (Å²) in [6.45, 7) is 4.37. The normalized spacial score (nSPS) is 10.3. The van der Waals surface area contributed by atoms with Crippen molar-refractivity contribution in [1.29, 1.82) is 0 Å². The molecule has 0 saturated carbocycles. The molecule has 1 amide bonds. The average Bonchev–Trinajstić information content (AvgIpc) is 2.77. The number of hydrogen-bond donors (Lipinski definition) is 3. The van der Waals surface area contributed by atoms with Crippen LogP contribution in [-0.4, -0.2) is 36.2 Å². The van der Waals surface area contributed by atoms with Crippen molar-refractivity contribution in [2.24, 2.45) is 0 Å². The fourth-order valence-corrected chi connectivity index (χ4v) is 2.54. The molecule has 0 atom stereocenters. The number of halogens is 1. The van der Waals surface area contributed by atoms with E-state index in [1.54, 1.807) is 43.5 Å². The Balaban J connectivity index is 1.68. The van der Waals surface area contributed by atoms with E-state index < -0.39 is 5.95 Å². The van der Waals surface area contributed by atoms with Gasteiger partial charge in [-0.1, -0.05) is 12.6 Å². The van der Waals surface area contributed by atoms with Gasteiger partial charge in [0.1, 0.15) is 12.4 Å². The van der Waals surface area contributed by atoms with Gasteiger partial charge < -0.3 is 25.4 Å². The summed E-state index contributed by atoms with van der Waals surface area (Å²) >= 11 is 0. The van der Waals surface area contributed by atoms with Crippen LogP contribution in [0.25, 0.3) is 0 Å². The van der Waals surface area contributed by atoms with Crippen LogP contribution in [0, 0.1) is 5.95 Å². The minimum absolute atomic E-state index is 0.0586. The maximum Gasteiger partial charge on any atom is 0.256 e. The number of amides is 1. The van der Waals surface area contributed by atoms with Crippen LogP contribution in [-0.2, 0) is 9.53 Å². The van der Waals surface area contributed by atoms with Crippen LogP contribution >= 0.6 is 0 Å². The average molecular weight is 423 g/mol. The van der Waals surface area contributed by atoms with E-state index in [0.717, 1.165) is 5.69 Å². The van der Waals surface area contributed by atoms with Crippen molar-refractivity contribution in [3.05, 3.63) is 73.3 Å². The van der Waals surface area contributed by atoms with E-state index in [2.05, 4.69) is 32.5 Å². The highest BCUT2D eigenvalue weighted by atomic mass is 19.1. The van der Waals surface area contributed by atoms with Gasteiger partial charge in [0.25, 0.3) is 5.95 Å². The second-order valence-electron chi connectivity index (χ2n) is 6.28. The molecule has 3 rings (SSSR count). The van der Waals surface area contributed by atoms with Crippen molar-refractivity contribution in [3.63, 3.8) is 0 Å². The highest BCUT2D eigenvalue weighted by Gasteiger charge is 2.09. The first-order chi connectivity index (χ1) is 15.1. The second-order valence-corrected chi connectivity index (χ2v) is 6.28. The lowest BCUT2D eigenvalue weighted by molar-refractivity contribution is -0.111. The fraction of sp³-hybridized carbons (Fsp3) is 0.136. The predicted octanol–water partition coefficient (Wildman–Crippen LogP) is 4.25. The van der Waals surface area contributed by atoms with E-state index in [-0.39, 0.29) is 11.7 Å². The fourth-order valence-electron chi connectivity index (χ4n) is 2.54. The minimum Gasteiger partial charge on any atom is -0.491 e. The molecule has 3 N–H and O–H groups in total. The van der Waals surface area contributed by atoms with Crippen molar-refractivity contribution in [2.45, 2.75) is 0 Å². The Morgan fingerprint density at radius 3 is 2.61 bits per heavy atom. The summed E-state index contributed by atoms with van der Waals surface area (Å²) in [7, 11) is 1.61. The Hall–Kier alpha value is -3.98. The zero-order valence-electron chi connectivity index (χ0n) is 16.9. The minimum atomic E-state index is -0.757. The molecule has 160 valence electrons. The topological polar surface area (TPSA) is 97.4 Å². The molecule has 1 heterocycles. The van der Waals surface area contributed by atoms with Crippen molar-refractivity contribution >= 4 is 34.6 Å². The molecule has 0 saturated heterocycles. The van der Waals surface area contributed by atoms with Crippen molar-refractivity contribution in [1.82, 2.24) is 9.97 Å². The molecule has 8 nitrogen and oxygen atoms in total. The molecule has 0 unspecified atom stereocenters. The van der Waals surface area contributed by atoms with Crippen LogP contribution < -0.4 is 20.7 Å². The van der Waals surface area contributed by atoms with Gasteiger partial charge in [0.15, 0.2) is 11.6 Å². The van der Waals surface area contributed by atoms with Crippen LogP contribution in [0.5, 0.6) is 5.75 Å². The molecule has 9 heteroatoms. The van der Waals surface area contributed by atoms with Crippen LogP contribution in [0.3, 0.4) is 0 Å². The first kappa shape index (κ1) is 21.7. The van der Waals surface area contributed by atoms with E-state index in [1.807, 2.05) is 12.1 Å². The van der Waals surface area contributed by atoms with Crippen LogP contribution in [0.4, 0.5) is 33.1 Å². The van der Waals surface area contributed by atoms with Crippen LogP contribution in [0.1, 0.15) is 0 Å². The number of ether oxygens (including phenoxy) is 2. The number of rotatable bonds is 10. The summed E-state index contributed by atoms with van der Waals surface area (Å²) < 4.78 is 24.7. The lowest BCUT2D eigenvalue weighted by atomic mass is 10.2. The summed E-state index contributed by atoms with van der Waals surface area (Å²) in [4.78, 5) is 19.4. The van der Waals surface area contributed by atoms with E-state index in [1.165, 1.54) is 12.3 Å². The number of carbonyl (C=O) groups is 1. The van der Waals surface area contributed by atoms with E-state index in [0.29, 0.717) is 36.2 Å². The summed E-state index contributed by atoms with van der Waals surface area (Å²) in [5, 5.41) is 8.58. The van der Waals surface area contributed by atoms with E-state index in [9.17, 15) is 9.18 Å². The standard InChI is InChI=1S/C22H22FN5O3/c1-3-20(29)26-16-5-4-6-17(13-16)27-22-21(23)24-14-19(28-22)25-15-7-9-18(10-8-15)31-12-11-30-2/h3-10,13-14H,1,11-12H2,2H3,(H,26,29)(H2,25,27,28). The molecule has 1 aromatic heterocycles. The number of carbonyl (C=O) groups excluding carboxylic acids is 1. The highest BCUT2D eigenvalue weighted by Crippen LogP contribution is 2.23. The first-order valence-corrected chi connectivity index (χ1v) is 9.39. The Labute approximate surface area is 179 Å². The van der Waals surface area contributed by atoms with Crippen molar-refractivity contribution < 1.29 is 18.7 Å². The van der Waals surface area contributed by atoms with Gasteiger partial charge in [0, 0.05) is 24.2 Å². The molecule has 0 aliphatic carbocycles. The van der Waals surface area contributed by atoms with Crippen LogP contribution in [0.2, 0.25) is 0 Å². The molecule has 3 aromatic rings. The number of nitrogens with zero attached hydrogens (tertiary/aromatic N) is 2. The third-order valence-corrected chi connectivity index (χ3v) is 3.99. The lowest BCUT2D eigenvalue weighted by Gasteiger charge is -2.11. The van der Waals surface area contributed by atoms with Crippen LogP contribution in [0.15, 0.2) is 67.4 Å². The number of methoxy groups -OCH3 is 1. The molecule has 2 aromatic carbocycles. The third kappa shape index (κ3) is 6.51.